The lowest BCUT2D eigenvalue weighted by atomic mass is 9.92. The summed E-state index contributed by atoms with van der Waals surface area (Å²) in [6.07, 6.45) is 0.257. The van der Waals surface area contributed by atoms with E-state index >= 15 is 0 Å². The maximum Gasteiger partial charge on any atom is 0.335 e. The molecule has 1 unspecified atom stereocenters. The first-order valence-corrected chi connectivity index (χ1v) is 6.60. The van der Waals surface area contributed by atoms with E-state index in [9.17, 15) is 14.4 Å². The molecule has 6 nitrogen and oxygen atoms in total. The highest BCUT2D eigenvalue weighted by atomic mass is 16.2. The summed E-state index contributed by atoms with van der Waals surface area (Å²) >= 11 is 0. The lowest BCUT2D eigenvalue weighted by Gasteiger charge is -2.31. The SMILES string of the molecule is CC(C)C1C(=O)NC(=O)N(c2ccc(CC#N)cc2)C1=O. The molecule has 108 valence electrons. The third-order valence-corrected chi connectivity index (χ3v) is 3.35. The van der Waals surface area contributed by atoms with Crippen LogP contribution in [0, 0.1) is 23.2 Å². The average Bonchev–Trinajstić information content (AvgIpc) is 2.40. The van der Waals surface area contributed by atoms with Gasteiger partial charge in [-0.15, -0.1) is 0 Å². The zero-order chi connectivity index (χ0) is 15.6. The molecule has 0 aromatic heterocycles. The Morgan fingerprint density at radius 1 is 1.24 bits per heavy atom. The summed E-state index contributed by atoms with van der Waals surface area (Å²) in [4.78, 5) is 37.0. The molecule has 1 N–H and O–H groups in total. The van der Waals surface area contributed by atoms with Crippen LogP contribution in [0.15, 0.2) is 24.3 Å². The van der Waals surface area contributed by atoms with Crippen LogP contribution in [0.1, 0.15) is 19.4 Å². The largest absolute Gasteiger partial charge is 0.335 e. The second-order valence-electron chi connectivity index (χ2n) is 5.19. The van der Waals surface area contributed by atoms with E-state index in [1.165, 1.54) is 0 Å². The topological polar surface area (TPSA) is 90.3 Å². The number of imide groups is 2. The van der Waals surface area contributed by atoms with Gasteiger partial charge in [-0.3, -0.25) is 14.9 Å². The van der Waals surface area contributed by atoms with Crippen molar-refractivity contribution in [1.29, 1.82) is 5.26 Å². The Balaban J connectivity index is 2.33. The molecule has 1 saturated heterocycles. The van der Waals surface area contributed by atoms with Crippen molar-refractivity contribution in [3.63, 3.8) is 0 Å². The van der Waals surface area contributed by atoms with Gasteiger partial charge in [0.2, 0.25) is 11.8 Å². The van der Waals surface area contributed by atoms with Crippen molar-refractivity contribution in [3.05, 3.63) is 29.8 Å². The van der Waals surface area contributed by atoms with Gasteiger partial charge in [-0.2, -0.15) is 5.26 Å². The van der Waals surface area contributed by atoms with E-state index in [1.54, 1.807) is 38.1 Å². The number of barbiturate groups is 1. The van der Waals surface area contributed by atoms with Crippen LogP contribution < -0.4 is 10.2 Å². The second kappa shape index (κ2) is 5.75. The maximum atomic E-state index is 12.4. The fourth-order valence-electron chi connectivity index (χ4n) is 2.28. The van der Waals surface area contributed by atoms with E-state index in [1.807, 2.05) is 6.07 Å². The molecule has 1 atom stereocenters. The molecular weight excluding hydrogens is 270 g/mol. The van der Waals surface area contributed by atoms with E-state index in [4.69, 9.17) is 5.26 Å². The molecule has 0 spiro atoms. The van der Waals surface area contributed by atoms with Crippen molar-refractivity contribution in [2.75, 3.05) is 4.90 Å². The van der Waals surface area contributed by atoms with Crippen molar-refractivity contribution in [1.82, 2.24) is 5.32 Å². The van der Waals surface area contributed by atoms with E-state index in [0.29, 0.717) is 5.69 Å². The molecule has 0 aliphatic carbocycles. The van der Waals surface area contributed by atoms with Crippen LogP contribution in [0.2, 0.25) is 0 Å². The molecule has 1 aromatic carbocycles. The van der Waals surface area contributed by atoms with Gasteiger partial charge >= 0.3 is 6.03 Å². The summed E-state index contributed by atoms with van der Waals surface area (Å²) in [5.41, 5.74) is 1.18. The molecule has 1 aromatic rings. The van der Waals surface area contributed by atoms with Crippen LogP contribution in [0.5, 0.6) is 0 Å². The van der Waals surface area contributed by atoms with Crippen LogP contribution in [0.25, 0.3) is 0 Å². The Kier molecular flexibility index (Phi) is 4.03. The van der Waals surface area contributed by atoms with Gasteiger partial charge in [0.1, 0.15) is 5.92 Å². The van der Waals surface area contributed by atoms with Crippen molar-refractivity contribution >= 4 is 23.5 Å². The quantitative estimate of drug-likeness (QED) is 0.854. The standard InChI is InChI=1S/C15H15N3O3/c1-9(2)12-13(19)17-15(21)18(14(12)20)11-5-3-10(4-6-11)7-8-16/h3-6,9,12H,7H2,1-2H3,(H,17,19,21). The third-order valence-electron chi connectivity index (χ3n) is 3.35. The lowest BCUT2D eigenvalue weighted by molar-refractivity contribution is -0.136. The van der Waals surface area contributed by atoms with E-state index < -0.39 is 23.8 Å². The molecule has 1 aliphatic rings. The fourth-order valence-corrected chi connectivity index (χ4v) is 2.28. The lowest BCUT2D eigenvalue weighted by Crippen LogP contribution is -2.59. The van der Waals surface area contributed by atoms with Crippen LogP contribution in [-0.2, 0) is 16.0 Å². The molecule has 1 fully saturated rings. The van der Waals surface area contributed by atoms with Gasteiger partial charge in [0.15, 0.2) is 0 Å². The summed E-state index contributed by atoms with van der Waals surface area (Å²) in [5.74, 6) is -2.16. The maximum absolute atomic E-state index is 12.4. The summed E-state index contributed by atoms with van der Waals surface area (Å²) in [6, 6.07) is 7.83. The number of hydrogen-bond donors (Lipinski definition) is 1. The number of carbonyl (C=O) groups excluding carboxylic acids is 3. The van der Waals surface area contributed by atoms with Crippen LogP contribution in [0.4, 0.5) is 10.5 Å². The second-order valence-corrected chi connectivity index (χ2v) is 5.19. The highest BCUT2D eigenvalue weighted by molar-refractivity contribution is 6.27. The smallest absolute Gasteiger partial charge is 0.277 e. The molecule has 6 heteroatoms. The zero-order valence-electron chi connectivity index (χ0n) is 11.8. The van der Waals surface area contributed by atoms with Gasteiger partial charge in [0.05, 0.1) is 18.2 Å². The Morgan fingerprint density at radius 2 is 1.86 bits per heavy atom. The highest BCUT2D eigenvalue weighted by Crippen LogP contribution is 2.24. The Bertz CT molecular complexity index is 629. The first kappa shape index (κ1) is 14.7. The zero-order valence-corrected chi connectivity index (χ0v) is 11.8. The number of benzene rings is 1. The first-order chi connectivity index (χ1) is 9.95. The summed E-state index contributed by atoms with van der Waals surface area (Å²) in [7, 11) is 0. The number of anilines is 1. The van der Waals surface area contributed by atoms with E-state index in [-0.39, 0.29) is 12.3 Å². The molecule has 0 saturated carbocycles. The number of urea groups is 1. The summed E-state index contributed by atoms with van der Waals surface area (Å²) in [5, 5.41) is 10.8. The van der Waals surface area contributed by atoms with Crippen LogP contribution >= 0.6 is 0 Å². The minimum absolute atomic E-state index is 0.203. The van der Waals surface area contributed by atoms with Crippen molar-refractivity contribution in [3.8, 4) is 6.07 Å². The molecule has 1 heterocycles. The molecule has 21 heavy (non-hydrogen) atoms. The average molecular weight is 285 g/mol. The third kappa shape index (κ3) is 2.77. The van der Waals surface area contributed by atoms with Gasteiger partial charge in [-0.05, 0) is 23.6 Å². The monoisotopic (exact) mass is 285 g/mol. The van der Waals surface area contributed by atoms with Gasteiger partial charge in [0.25, 0.3) is 0 Å². The van der Waals surface area contributed by atoms with Crippen LogP contribution in [0.3, 0.4) is 0 Å². The van der Waals surface area contributed by atoms with Gasteiger partial charge in [0, 0.05) is 0 Å². The predicted molar refractivity (Wildman–Crippen MR) is 75.1 cm³/mol. The van der Waals surface area contributed by atoms with Crippen molar-refractivity contribution in [2.24, 2.45) is 11.8 Å². The Morgan fingerprint density at radius 3 is 2.38 bits per heavy atom. The normalized spacial score (nSPS) is 18.7. The molecule has 0 radical (unpaired) electrons. The van der Waals surface area contributed by atoms with E-state index in [2.05, 4.69) is 5.32 Å². The number of nitrogens with one attached hydrogen (secondary N) is 1. The minimum atomic E-state index is -0.874. The number of amides is 4. The first-order valence-electron chi connectivity index (χ1n) is 6.60. The predicted octanol–water partition coefficient (Wildman–Crippen LogP) is 1.61. The van der Waals surface area contributed by atoms with Crippen LogP contribution in [-0.4, -0.2) is 17.8 Å². The highest BCUT2D eigenvalue weighted by Gasteiger charge is 2.42. The number of carbonyl (C=O) groups is 3. The molecule has 1 aliphatic heterocycles. The number of nitriles is 1. The Hall–Kier alpha value is -2.68. The minimum Gasteiger partial charge on any atom is -0.277 e. The molecular formula is C15H15N3O3. The molecule has 4 amide bonds. The van der Waals surface area contributed by atoms with Gasteiger partial charge < -0.3 is 0 Å². The van der Waals surface area contributed by atoms with Crippen molar-refractivity contribution < 1.29 is 14.4 Å². The van der Waals surface area contributed by atoms with E-state index in [0.717, 1.165) is 10.5 Å². The van der Waals surface area contributed by atoms with Gasteiger partial charge in [-0.1, -0.05) is 26.0 Å². The molecule has 0 bridgehead atoms. The molecule has 2 rings (SSSR count). The van der Waals surface area contributed by atoms with Gasteiger partial charge in [-0.25, -0.2) is 9.69 Å². The summed E-state index contributed by atoms with van der Waals surface area (Å²) < 4.78 is 0. The fraction of sp³-hybridized carbons (Fsp3) is 0.333. The number of nitrogens with zero attached hydrogens (tertiary/aromatic N) is 2. The number of rotatable bonds is 3. The van der Waals surface area contributed by atoms with Crippen molar-refractivity contribution in [2.45, 2.75) is 20.3 Å². The number of hydrogen-bond acceptors (Lipinski definition) is 4. The Labute approximate surface area is 122 Å². The summed E-state index contributed by atoms with van der Waals surface area (Å²) in [6.45, 7) is 3.51.